The molecular weight excluding hydrogens is 214 g/mol. The van der Waals surface area contributed by atoms with Gasteiger partial charge in [0.05, 0.1) is 0 Å². The molecule has 1 N–H and O–H groups in total. The normalized spacial score (nSPS) is 13.2. The molecule has 0 aliphatic carbocycles. The van der Waals surface area contributed by atoms with Crippen LogP contribution in [-0.4, -0.2) is 18.1 Å². The van der Waals surface area contributed by atoms with Crippen LogP contribution in [0.2, 0.25) is 0 Å². The van der Waals surface area contributed by atoms with Crippen LogP contribution in [0.25, 0.3) is 0 Å². The van der Waals surface area contributed by atoms with Crippen molar-refractivity contribution in [3.63, 3.8) is 0 Å². The minimum Gasteiger partial charge on any atom is -0.456 e. The third-order valence-electron chi connectivity index (χ3n) is 2.30. The molecule has 0 aliphatic rings. The SMILES string of the molecule is CC(=O)OC(CNC(C)(C)C)c1ccccc1. The van der Waals surface area contributed by atoms with Crippen LogP contribution in [-0.2, 0) is 9.53 Å². The van der Waals surface area contributed by atoms with Crippen molar-refractivity contribution in [2.24, 2.45) is 0 Å². The van der Waals surface area contributed by atoms with Gasteiger partial charge >= 0.3 is 5.97 Å². The third-order valence-corrected chi connectivity index (χ3v) is 2.30. The molecule has 17 heavy (non-hydrogen) atoms. The van der Waals surface area contributed by atoms with Gasteiger partial charge in [-0.15, -0.1) is 0 Å². The number of nitrogens with one attached hydrogen (secondary N) is 1. The Morgan fingerprint density at radius 3 is 2.35 bits per heavy atom. The lowest BCUT2D eigenvalue weighted by Gasteiger charge is -2.25. The highest BCUT2D eigenvalue weighted by Gasteiger charge is 2.17. The summed E-state index contributed by atoms with van der Waals surface area (Å²) in [6.07, 6.45) is -0.229. The van der Waals surface area contributed by atoms with E-state index in [1.807, 2.05) is 30.3 Å². The number of carbonyl (C=O) groups is 1. The summed E-state index contributed by atoms with van der Waals surface area (Å²) >= 11 is 0. The third kappa shape index (κ3) is 5.50. The van der Waals surface area contributed by atoms with E-state index in [0.29, 0.717) is 6.54 Å². The lowest BCUT2D eigenvalue weighted by atomic mass is 10.1. The van der Waals surface area contributed by atoms with Crippen molar-refractivity contribution in [1.29, 1.82) is 0 Å². The first-order valence-corrected chi connectivity index (χ1v) is 5.86. The van der Waals surface area contributed by atoms with E-state index in [1.165, 1.54) is 6.92 Å². The van der Waals surface area contributed by atoms with Gasteiger partial charge in [0.2, 0.25) is 0 Å². The number of carbonyl (C=O) groups excluding carboxylic acids is 1. The quantitative estimate of drug-likeness (QED) is 0.815. The maximum atomic E-state index is 11.1. The minimum atomic E-state index is -0.255. The second-order valence-electron chi connectivity index (χ2n) is 5.14. The summed E-state index contributed by atoms with van der Waals surface area (Å²) in [4.78, 5) is 11.1. The first kappa shape index (κ1) is 13.7. The molecule has 1 unspecified atom stereocenters. The molecule has 3 nitrogen and oxygen atoms in total. The van der Waals surface area contributed by atoms with Crippen molar-refractivity contribution >= 4 is 5.97 Å². The van der Waals surface area contributed by atoms with Gasteiger partial charge in [0.1, 0.15) is 6.10 Å². The number of rotatable bonds is 4. The molecule has 0 saturated carbocycles. The number of benzene rings is 1. The maximum absolute atomic E-state index is 11.1. The van der Waals surface area contributed by atoms with Crippen molar-refractivity contribution in [3.05, 3.63) is 35.9 Å². The number of hydrogen-bond donors (Lipinski definition) is 1. The molecule has 0 amide bonds. The Hall–Kier alpha value is -1.35. The second-order valence-corrected chi connectivity index (χ2v) is 5.14. The number of ether oxygens (including phenoxy) is 1. The van der Waals surface area contributed by atoms with Crippen LogP contribution >= 0.6 is 0 Å². The number of hydrogen-bond acceptors (Lipinski definition) is 3. The van der Waals surface area contributed by atoms with E-state index in [1.54, 1.807) is 0 Å². The summed E-state index contributed by atoms with van der Waals surface area (Å²) in [5.74, 6) is -0.255. The fraction of sp³-hybridized carbons (Fsp3) is 0.500. The minimum absolute atomic E-state index is 0.00712. The standard InChI is InChI=1S/C14H21NO2/c1-11(16)17-13(10-15-14(2,3)4)12-8-6-5-7-9-12/h5-9,13,15H,10H2,1-4H3. The molecule has 0 heterocycles. The molecule has 0 radical (unpaired) electrons. The van der Waals surface area contributed by atoms with Gasteiger partial charge in [-0.25, -0.2) is 0 Å². The van der Waals surface area contributed by atoms with Crippen molar-refractivity contribution < 1.29 is 9.53 Å². The molecule has 1 rings (SSSR count). The summed E-state index contributed by atoms with van der Waals surface area (Å²) in [6.45, 7) is 8.31. The smallest absolute Gasteiger partial charge is 0.303 e. The van der Waals surface area contributed by atoms with E-state index in [4.69, 9.17) is 4.74 Å². The Labute approximate surface area is 103 Å². The highest BCUT2D eigenvalue weighted by Crippen LogP contribution is 2.17. The van der Waals surface area contributed by atoms with Gasteiger partial charge in [-0.2, -0.15) is 0 Å². The molecule has 0 aliphatic heterocycles. The van der Waals surface area contributed by atoms with E-state index < -0.39 is 0 Å². The molecule has 1 atom stereocenters. The monoisotopic (exact) mass is 235 g/mol. The van der Waals surface area contributed by atoms with E-state index >= 15 is 0 Å². The predicted molar refractivity (Wildman–Crippen MR) is 68.7 cm³/mol. The molecular formula is C14H21NO2. The van der Waals surface area contributed by atoms with Gasteiger partial charge in [-0.05, 0) is 26.3 Å². The average molecular weight is 235 g/mol. The largest absolute Gasteiger partial charge is 0.456 e. The van der Waals surface area contributed by atoms with Crippen molar-refractivity contribution in [2.75, 3.05) is 6.54 Å². The molecule has 0 fully saturated rings. The summed E-state index contributed by atoms with van der Waals surface area (Å²) in [5, 5.41) is 3.35. The van der Waals surface area contributed by atoms with Gasteiger partial charge in [0.25, 0.3) is 0 Å². The molecule has 0 bridgehead atoms. The van der Waals surface area contributed by atoms with Crippen molar-refractivity contribution in [1.82, 2.24) is 5.32 Å². The Morgan fingerprint density at radius 2 is 1.88 bits per heavy atom. The van der Waals surface area contributed by atoms with Crippen molar-refractivity contribution in [2.45, 2.75) is 39.3 Å². The van der Waals surface area contributed by atoms with E-state index in [-0.39, 0.29) is 17.6 Å². The van der Waals surface area contributed by atoms with Gasteiger partial charge in [0, 0.05) is 19.0 Å². The van der Waals surface area contributed by atoms with E-state index in [2.05, 4.69) is 26.1 Å². The molecule has 3 heteroatoms. The van der Waals surface area contributed by atoms with E-state index in [0.717, 1.165) is 5.56 Å². The van der Waals surface area contributed by atoms with Gasteiger partial charge in [-0.1, -0.05) is 30.3 Å². The highest BCUT2D eigenvalue weighted by atomic mass is 16.5. The molecule has 1 aromatic carbocycles. The predicted octanol–water partition coefficient (Wildman–Crippen LogP) is 2.68. The van der Waals surface area contributed by atoms with Crippen LogP contribution in [0, 0.1) is 0 Å². The zero-order chi connectivity index (χ0) is 12.9. The van der Waals surface area contributed by atoms with Crippen LogP contribution in [0.15, 0.2) is 30.3 Å². The fourth-order valence-electron chi connectivity index (χ4n) is 1.49. The van der Waals surface area contributed by atoms with Crippen LogP contribution < -0.4 is 5.32 Å². The average Bonchev–Trinajstić information content (AvgIpc) is 2.24. The Bertz CT molecular complexity index is 354. The summed E-state index contributed by atoms with van der Waals surface area (Å²) in [5.41, 5.74) is 1.02. The first-order chi connectivity index (χ1) is 7.88. The van der Waals surface area contributed by atoms with E-state index in [9.17, 15) is 4.79 Å². The lowest BCUT2D eigenvalue weighted by Crippen LogP contribution is -2.39. The molecule has 94 valence electrons. The summed E-state index contributed by atoms with van der Waals surface area (Å²) in [7, 11) is 0. The van der Waals surface area contributed by atoms with Gasteiger partial charge in [-0.3, -0.25) is 4.79 Å². The van der Waals surface area contributed by atoms with Gasteiger partial charge in [0.15, 0.2) is 0 Å². The highest BCUT2D eigenvalue weighted by molar-refractivity contribution is 5.66. The first-order valence-electron chi connectivity index (χ1n) is 5.86. The lowest BCUT2D eigenvalue weighted by molar-refractivity contribution is -0.146. The second kappa shape index (κ2) is 5.82. The Balaban J connectivity index is 2.71. The summed E-state index contributed by atoms with van der Waals surface area (Å²) in [6, 6.07) is 9.78. The number of esters is 1. The maximum Gasteiger partial charge on any atom is 0.303 e. The van der Waals surface area contributed by atoms with Crippen molar-refractivity contribution in [3.8, 4) is 0 Å². The van der Waals surface area contributed by atoms with Crippen LogP contribution in [0.1, 0.15) is 39.4 Å². The zero-order valence-electron chi connectivity index (χ0n) is 11.0. The molecule has 0 saturated heterocycles. The Morgan fingerprint density at radius 1 is 1.29 bits per heavy atom. The molecule has 0 spiro atoms. The molecule has 1 aromatic rings. The fourth-order valence-corrected chi connectivity index (χ4v) is 1.49. The summed E-state index contributed by atoms with van der Waals surface area (Å²) < 4.78 is 5.33. The van der Waals surface area contributed by atoms with Crippen LogP contribution in [0.5, 0.6) is 0 Å². The Kier molecular flexibility index (Phi) is 4.70. The molecule has 0 aromatic heterocycles. The topological polar surface area (TPSA) is 38.3 Å². The van der Waals surface area contributed by atoms with Crippen LogP contribution in [0.4, 0.5) is 0 Å². The van der Waals surface area contributed by atoms with Crippen LogP contribution in [0.3, 0.4) is 0 Å². The van der Waals surface area contributed by atoms with Gasteiger partial charge < -0.3 is 10.1 Å². The zero-order valence-corrected chi connectivity index (χ0v) is 11.0.